The molecular formula is C18H15Cl6F3S3. The lowest BCUT2D eigenvalue weighted by Crippen LogP contribution is -3.00. The fourth-order valence-corrected chi connectivity index (χ4v) is 4.51. The van der Waals surface area contributed by atoms with Gasteiger partial charge >= 0.3 is 0 Å². The molecule has 168 valence electrons. The molecule has 30 heavy (non-hydrogen) atoms. The van der Waals surface area contributed by atoms with Gasteiger partial charge in [0.1, 0.15) is 0 Å². The van der Waals surface area contributed by atoms with Crippen LogP contribution in [0.25, 0.3) is 0 Å². The van der Waals surface area contributed by atoms with Gasteiger partial charge < -0.3 is 14.1 Å². The Balaban J connectivity index is -0.000000347. The Labute approximate surface area is 210 Å². The van der Waals surface area contributed by atoms with E-state index in [1.54, 1.807) is 0 Å². The normalized spacial score (nSPS) is 9.10. The molecule has 0 bridgehead atoms. The first-order valence-electron chi connectivity index (χ1n) is 7.27. The van der Waals surface area contributed by atoms with Crippen molar-refractivity contribution in [1.82, 2.24) is 0 Å². The second-order valence-electron chi connectivity index (χ2n) is 4.58. The smallest absolute Gasteiger partial charge is 0.253 e. The Bertz CT molecular complexity index is 639. The van der Waals surface area contributed by atoms with Crippen molar-refractivity contribution in [2.24, 2.45) is 0 Å². The summed E-state index contributed by atoms with van der Waals surface area (Å²) in [5.74, 6) is 0. The second-order valence-corrected chi connectivity index (χ2v) is 14.2. The van der Waals surface area contributed by atoms with Crippen LogP contribution in [0.2, 0.25) is 0 Å². The maximum atomic E-state index is 5.60. The Kier molecular flexibility index (Phi) is 24.5. The average Bonchev–Trinajstić information content (AvgIpc) is 2.71. The van der Waals surface area contributed by atoms with Gasteiger partial charge in [0.25, 0.3) is 28.0 Å². The minimum Gasteiger partial charge on any atom is -1.00 e. The third kappa shape index (κ3) is 16.0. The molecule has 0 atom stereocenters. The molecule has 0 nitrogen and oxygen atoms in total. The molecule has 3 aromatic carbocycles. The summed E-state index contributed by atoms with van der Waals surface area (Å²) in [5.41, 5.74) is 0. The van der Waals surface area contributed by atoms with Gasteiger partial charge in [-0.15, -0.1) is 0 Å². The van der Waals surface area contributed by atoms with Crippen molar-refractivity contribution in [3.05, 3.63) is 91.0 Å². The van der Waals surface area contributed by atoms with Crippen LogP contribution in [-0.4, -0.2) is 0 Å². The van der Waals surface area contributed by atoms with Gasteiger partial charge in [-0.25, -0.2) is 0 Å². The molecule has 0 fully saturated rings. The van der Waals surface area contributed by atoms with Crippen molar-refractivity contribution >= 4 is 92.1 Å². The molecule has 0 aliphatic heterocycles. The standard InChI is InChI=1S/3C6H5Cl2S.3FH/c3*7-9(8)6-4-2-1-3-5-6;;;/h3*1-5H;3*1H/q3*+1;;;/p-3. The van der Waals surface area contributed by atoms with E-state index in [2.05, 4.69) is 0 Å². The number of benzene rings is 3. The SMILES string of the molecule is Cl[S+](Cl)c1ccccc1.Cl[S+](Cl)c1ccccc1.Cl[S+](Cl)c1ccccc1.[F-].[F-].[F-]. The quantitative estimate of drug-likeness (QED) is 0.372. The Morgan fingerprint density at radius 2 is 0.500 bits per heavy atom. The van der Waals surface area contributed by atoms with Crippen molar-refractivity contribution in [3.8, 4) is 0 Å². The lowest BCUT2D eigenvalue weighted by Gasteiger charge is -1.83. The third-order valence-electron chi connectivity index (χ3n) is 2.76. The minimum atomic E-state index is -0.635. The summed E-state index contributed by atoms with van der Waals surface area (Å²) < 4.78 is 0. The fraction of sp³-hybridized carbons (Fsp3) is 0. The lowest BCUT2D eigenvalue weighted by atomic mass is 10.4. The molecule has 0 radical (unpaired) electrons. The third-order valence-corrected chi connectivity index (χ3v) is 7.86. The highest BCUT2D eigenvalue weighted by Crippen LogP contribution is 2.21. The van der Waals surface area contributed by atoms with Crippen LogP contribution in [0.5, 0.6) is 0 Å². The van der Waals surface area contributed by atoms with Crippen LogP contribution >= 0.6 is 64.1 Å². The van der Waals surface area contributed by atoms with Crippen LogP contribution in [0.4, 0.5) is 0 Å². The first-order valence-corrected chi connectivity index (χ1v) is 15.9. The second kappa shape index (κ2) is 21.1. The van der Waals surface area contributed by atoms with Crippen LogP contribution in [0, 0.1) is 0 Å². The Morgan fingerprint density at radius 3 is 0.600 bits per heavy atom. The zero-order valence-electron chi connectivity index (χ0n) is 14.8. The highest BCUT2D eigenvalue weighted by atomic mass is 36.0. The zero-order valence-corrected chi connectivity index (χ0v) is 21.8. The van der Waals surface area contributed by atoms with E-state index in [0.717, 1.165) is 14.7 Å². The molecule has 0 saturated carbocycles. The summed E-state index contributed by atoms with van der Waals surface area (Å²) in [4.78, 5) is 2.92. The maximum Gasteiger partial charge on any atom is 0.253 e. The van der Waals surface area contributed by atoms with Crippen LogP contribution in [0.15, 0.2) is 106 Å². The first kappa shape index (κ1) is 34.8. The van der Waals surface area contributed by atoms with Crippen LogP contribution in [0.1, 0.15) is 0 Å². The van der Waals surface area contributed by atoms with E-state index in [4.69, 9.17) is 64.1 Å². The summed E-state index contributed by atoms with van der Waals surface area (Å²) in [6.07, 6.45) is 0. The van der Waals surface area contributed by atoms with Gasteiger partial charge in [-0.05, 0) is 36.4 Å². The van der Waals surface area contributed by atoms with Crippen molar-refractivity contribution < 1.29 is 14.1 Å². The van der Waals surface area contributed by atoms with Crippen molar-refractivity contribution in [1.29, 1.82) is 0 Å². The van der Waals surface area contributed by atoms with Crippen molar-refractivity contribution in [3.63, 3.8) is 0 Å². The van der Waals surface area contributed by atoms with Crippen molar-refractivity contribution in [2.75, 3.05) is 0 Å². The number of halogens is 9. The molecule has 0 spiro atoms. The average molecular weight is 597 g/mol. The molecule has 0 saturated heterocycles. The molecule has 0 heterocycles. The van der Waals surface area contributed by atoms with Gasteiger partial charge in [0, 0.05) is 0 Å². The van der Waals surface area contributed by atoms with E-state index in [-0.39, 0.29) is 14.1 Å². The van der Waals surface area contributed by atoms with E-state index in [1.165, 1.54) is 0 Å². The summed E-state index contributed by atoms with van der Waals surface area (Å²) in [5, 5.41) is 0. The van der Waals surface area contributed by atoms with E-state index >= 15 is 0 Å². The van der Waals surface area contributed by atoms with Crippen LogP contribution in [0.3, 0.4) is 0 Å². The van der Waals surface area contributed by atoms with Gasteiger partial charge in [-0.2, -0.15) is 0 Å². The summed E-state index contributed by atoms with van der Waals surface area (Å²) in [7, 11) is 31.7. The van der Waals surface area contributed by atoms with Gasteiger partial charge in [0.05, 0.1) is 0 Å². The van der Waals surface area contributed by atoms with Gasteiger partial charge in [-0.1, -0.05) is 54.6 Å². The topological polar surface area (TPSA) is 0 Å². The minimum absolute atomic E-state index is 0. The molecular weight excluding hydrogens is 582 g/mol. The van der Waals surface area contributed by atoms with Crippen molar-refractivity contribution in [2.45, 2.75) is 14.7 Å². The lowest BCUT2D eigenvalue weighted by molar-refractivity contribution is -0.00100. The molecule has 0 aromatic heterocycles. The monoisotopic (exact) mass is 594 g/mol. The summed E-state index contributed by atoms with van der Waals surface area (Å²) >= 11 is 0. The number of rotatable bonds is 3. The molecule has 3 rings (SSSR count). The summed E-state index contributed by atoms with van der Waals surface area (Å²) in [6, 6.07) is 28.7. The van der Waals surface area contributed by atoms with E-state index in [9.17, 15) is 0 Å². The summed E-state index contributed by atoms with van der Waals surface area (Å²) in [6.45, 7) is 0. The van der Waals surface area contributed by atoms with Gasteiger partial charge in [-0.3, -0.25) is 0 Å². The van der Waals surface area contributed by atoms with Gasteiger partial charge in [0.2, 0.25) is 64.1 Å². The molecule has 0 aliphatic carbocycles. The van der Waals surface area contributed by atoms with E-state index < -0.39 is 28.0 Å². The highest BCUT2D eigenvalue weighted by Gasteiger charge is 2.16. The van der Waals surface area contributed by atoms with Crippen LogP contribution in [-0.2, 0) is 28.0 Å². The first-order chi connectivity index (χ1) is 12.9. The van der Waals surface area contributed by atoms with Gasteiger partial charge in [0.15, 0.2) is 14.7 Å². The van der Waals surface area contributed by atoms with E-state index in [1.807, 2.05) is 91.0 Å². The maximum absolute atomic E-state index is 5.60. The molecule has 0 unspecified atom stereocenters. The Hall–Kier alpha value is 0.240. The number of hydrogen-bond donors (Lipinski definition) is 0. The molecule has 12 heteroatoms. The molecule has 0 amide bonds. The van der Waals surface area contributed by atoms with Crippen LogP contribution < -0.4 is 14.1 Å². The Morgan fingerprint density at radius 1 is 0.333 bits per heavy atom. The molecule has 3 aromatic rings. The molecule has 0 aliphatic rings. The predicted octanol–water partition coefficient (Wildman–Crippen LogP) is -0.0738. The predicted molar refractivity (Wildman–Crippen MR) is 131 cm³/mol. The highest BCUT2D eigenvalue weighted by molar-refractivity contribution is 8.36. The zero-order chi connectivity index (χ0) is 20.1. The number of hydrogen-bond acceptors (Lipinski definition) is 0. The fourth-order valence-electron chi connectivity index (χ4n) is 1.57. The molecule has 0 N–H and O–H groups in total. The van der Waals surface area contributed by atoms with E-state index in [0.29, 0.717) is 0 Å². The largest absolute Gasteiger partial charge is 1.00 e.